The van der Waals surface area contributed by atoms with E-state index in [-0.39, 0.29) is 18.8 Å². The summed E-state index contributed by atoms with van der Waals surface area (Å²) in [6, 6.07) is 17.3. The Bertz CT molecular complexity index is 654. The van der Waals surface area contributed by atoms with E-state index in [0.29, 0.717) is 6.54 Å². The van der Waals surface area contributed by atoms with Gasteiger partial charge in [0.1, 0.15) is 6.61 Å². The van der Waals surface area contributed by atoms with Crippen LogP contribution in [0.1, 0.15) is 18.4 Å². The van der Waals surface area contributed by atoms with Gasteiger partial charge in [0.2, 0.25) is 0 Å². The van der Waals surface area contributed by atoms with Crippen molar-refractivity contribution >= 4 is 27.7 Å². The molecule has 1 unspecified atom stereocenters. The van der Waals surface area contributed by atoms with Gasteiger partial charge in [-0.25, -0.2) is 4.79 Å². The summed E-state index contributed by atoms with van der Waals surface area (Å²) in [5, 5.41) is 0. The van der Waals surface area contributed by atoms with E-state index < -0.39 is 0 Å². The molecule has 1 fully saturated rings. The molecule has 0 saturated carbocycles. The van der Waals surface area contributed by atoms with Gasteiger partial charge in [-0.1, -0.05) is 46.3 Å². The van der Waals surface area contributed by atoms with E-state index >= 15 is 0 Å². The van der Waals surface area contributed by atoms with Gasteiger partial charge in [0, 0.05) is 16.8 Å². The molecule has 0 radical (unpaired) electrons. The van der Waals surface area contributed by atoms with Crippen LogP contribution in [0.5, 0.6) is 0 Å². The van der Waals surface area contributed by atoms with E-state index in [1.54, 1.807) is 4.90 Å². The fraction of sp³-hybridized carbons (Fsp3) is 0.316. The SMILES string of the molecule is O=C(OCc1ccccc1)N(CC1CCCO1)c1ccc(Br)cc1. The average molecular weight is 390 g/mol. The minimum absolute atomic E-state index is 0.0675. The summed E-state index contributed by atoms with van der Waals surface area (Å²) in [4.78, 5) is 14.3. The number of nitrogens with zero attached hydrogens (tertiary/aromatic N) is 1. The van der Waals surface area contributed by atoms with Gasteiger partial charge in [0.15, 0.2) is 0 Å². The van der Waals surface area contributed by atoms with Crippen LogP contribution in [-0.4, -0.2) is 25.3 Å². The number of hydrogen-bond donors (Lipinski definition) is 0. The summed E-state index contributed by atoms with van der Waals surface area (Å²) in [5.41, 5.74) is 1.78. The standard InChI is InChI=1S/C19H20BrNO3/c20-16-8-10-17(11-9-16)21(13-18-7-4-12-23-18)19(22)24-14-15-5-2-1-3-6-15/h1-3,5-6,8-11,18H,4,7,12-14H2. The predicted octanol–water partition coefficient (Wildman–Crippen LogP) is 4.77. The molecule has 3 rings (SSSR count). The normalized spacial score (nSPS) is 16.8. The molecule has 1 aliphatic heterocycles. The van der Waals surface area contributed by atoms with Crippen LogP contribution < -0.4 is 4.90 Å². The molecule has 1 amide bonds. The Morgan fingerprint density at radius 3 is 2.58 bits per heavy atom. The highest BCUT2D eigenvalue weighted by Gasteiger charge is 2.25. The highest BCUT2D eigenvalue weighted by atomic mass is 79.9. The Morgan fingerprint density at radius 1 is 1.17 bits per heavy atom. The van der Waals surface area contributed by atoms with Crippen molar-refractivity contribution in [2.75, 3.05) is 18.1 Å². The number of benzene rings is 2. The lowest BCUT2D eigenvalue weighted by molar-refractivity contribution is 0.108. The van der Waals surface area contributed by atoms with Crippen LogP contribution in [0.4, 0.5) is 10.5 Å². The van der Waals surface area contributed by atoms with Crippen molar-refractivity contribution in [3.8, 4) is 0 Å². The van der Waals surface area contributed by atoms with E-state index in [1.165, 1.54) is 0 Å². The summed E-state index contributed by atoms with van der Waals surface area (Å²) in [6.45, 7) is 1.53. The van der Waals surface area contributed by atoms with Crippen molar-refractivity contribution in [1.82, 2.24) is 0 Å². The van der Waals surface area contributed by atoms with Crippen LogP contribution >= 0.6 is 15.9 Å². The fourth-order valence-electron chi connectivity index (χ4n) is 2.70. The van der Waals surface area contributed by atoms with E-state index in [0.717, 1.165) is 35.2 Å². The molecule has 0 aromatic heterocycles. The van der Waals surface area contributed by atoms with E-state index in [4.69, 9.17) is 9.47 Å². The second-order valence-electron chi connectivity index (χ2n) is 5.76. The Labute approximate surface area is 150 Å². The number of carbonyl (C=O) groups excluding carboxylic acids is 1. The molecule has 24 heavy (non-hydrogen) atoms. The number of hydrogen-bond acceptors (Lipinski definition) is 3. The van der Waals surface area contributed by atoms with Crippen LogP contribution in [0.15, 0.2) is 59.1 Å². The van der Waals surface area contributed by atoms with Crippen molar-refractivity contribution in [2.24, 2.45) is 0 Å². The molecular weight excluding hydrogens is 370 g/mol. The molecule has 1 saturated heterocycles. The summed E-state index contributed by atoms with van der Waals surface area (Å²) >= 11 is 3.42. The third kappa shape index (κ3) is 4.58. The molecule has 4 nitrogen and oxygen atoms in total. The third-order valence-electron chi connectivity index (χ3n) is 3.97. The van der Waals surface area contributed by atoms with Crippen molar-refractivity contribution in [1.29, 1.82) is 0 Å². The first-order valence-electron chi connectivity index (χ1n) is 8.08. The Kier molecular flexibility index (Phi) is 5.88. The van der Waals surface area contributed by atoms with Crippen LogP contribution in [-0.2, 0) is 16.1 Å². The van der Waals surface area contributed by atoms with Crippen LogP contribution in [0, 0.1) is 0 Å². The van der Waals surface area contributed by atoms with Gasteiger partial charge in [-0.05, 0) is 42.7 Å². The lowest BCUT2D eigenvalue weighted by Crippen LogP contribution is -2.37. The molecule has 2 aromatic carbocycles. The summed E-state index contributed by atoms with van der Waals surface area (Å²) in [7, 11) is 0. The largest absolute Gasteiger partial charge is 0.444 e. The highest BCUT2D eigenvalue weighted by molar-refractivity contribution is 9.10. The van der Waals surface area contributed by atoms with E-state index in [9.17, 15) is 4.79 Å². The number of amides is 1. The van der Waals surface area contributed by atoms with Crippen molar-refractivity contribution < 1.29 is 14.3 Å². The quantitative estimate of drug-likeness (QED) is 0.738. The lowest BCUT2D eigenvalue weighted by atomic mass is 10.2. The fourth-order valence-corrected chi connectivity index (χ4v) is 2.96. The van der Waals surface area contributed by atoms with Crippen LogP contribution in [0.25, 0.3) is 0 Å². The molecule has 1 aliphatic rings. The van der Waals surface area contributed by atoms with Crippen molar-refractivity contribution in [2.45, 2.75) is 25.6 Å². The average Bonchev–Trinajstić information content (AvgIpc) is 3.13. The van der Waals surface area contributed by atoms with Gasteiger partial charge in [-0.2, -0.15) is 0 Å². The zero-order chi connectivity index (χ0) is 16.8. The number of carbonyl (C=O) groups is 1. The first-order chi connectivity index (χ1) is 11.7. The van der Waals surface area contributed by atoms with E-state index in [2.05, 4.69) is 15.9 Å². The zero-order valence-electron chi connectivity index (χ0n) is 13.4. The summed E-state index contributed by atoms with van der Waals surface area (Å²) in [6.07, 6.45) is 1.73. The second kappa shape index (κ2) is 8.31. The minimum atomic E-state index is -0.350. The van der Waals surface area contributed by atoms with Crippen LogP contribution in [0.3, 0.4) is 0 Å². The molecule has 1 atom stereocenters. The number of rotatable bonds is 5. The molecule has 2 aromatic rings. The first-order valence-corrected chi connectivity index (χ1v) is 8.87. The maximum Gasteiger partial charge on any atom is 0.414 e. The topological polar surface area (TPSA) is 38.8 Å². The highest BCUT2D eigenvalue weighted by Crippen LogP contribution is 2.22. The summed E-state index contributed by atoms with van der Waals surface area (Å²) in [5.74, 6) is 0. The third-order valence-corrected chi connectivity index (χ3v) is 4.50. The van der Waals surface area contributed by atoms with Gasteiger partial charge in [0.25, 0.3) is 0 Å². The molecular formula is C19H20BrNO3. The Morgan fingerprint density at radius 2 is 1.92 bits per heavy atom. The monoisotopic (exact) mass is 389 g/mol. The van der Waals surface area contributed by atoms with Crippen molar-refractivity contribution in [3.63, 3.8) is 0 Å². The van der Waals surface area contributed by atoms with Gasteiger partial charge in [0.05, 0.1) is 12.6 Å². The molecule has 1 heterocycles. The minimum Gasteiger partial charge on any atom is -0.444 e. The first kappa shape index (κ1) is 17.0. The molecule has 0 bridgehead atoms. The molecule has 0 aliphatic carbocycles. The van der Waals surface area contributed by atoms with Gasteiger partial charge in [-0.3, -0.25) is 4.90 Å². The predicted molar refractivity (Wildman–Crippen MR) is 97.1 cm³/mol. The number of anilines is 1. The van der Waals surface area contributed by atoms with Gasteiger partial charge >= 0.3 is 6.09 Å². The van der Waals surface area contributed by atoms with Gasteiger partial charge in [-0.15, -0.1) is 0 Å². The number of halogens is 1. The van der Waals surface area contributed by atoms with E-state index in [1.807, 2.05) is 54.6 Å². The molecule has 0 N–H and O–H groups in total. The zero-order valence-corrected chi connectivity index (χ0v) is 14.9. The second-order valence-corrected chi connectivity index (χ2v) is 6.68. The van der Waals surface area contributed by atoms with Crippen LogP contribution in [0.2, 0.25) is 0 Å². The molecule has 0 spiro atoms. The maximum atomic E-state index is 12.6. The summed E-state index contributed by atoms with van der Waals surface area (Å²) < 4.78 is 12.2. The Balaban J connectivity index is 1.70. The van der Waals surface area contributed by atoms with Gasteiger partial charge < -0.3 is 9.47 Å². The smallest absolute Gasteiger partial charge is 0.414 e. The molecule has 126 valence electrons. The Hall–Kier alpha value is -1.85. The lowest BCUT2D eigenvalue weighted by Gasteiger charge is -2.25. The maximum absolute atomic E-state index is 12.6. The molecule has 5 heteroatoms. The van der Waals surface area contributed by atoms with Crippen molar-refractivity contribution in [3.05, 3.63) is 64.6 Å². The number of ether oxygens (including phenoxy) is 2.